The van der Waals surface area contributed by atoms with E-state index < -0.39 is 5.82 Å². The normalized spacial score (nSPS) is 19.3. The zero-order chi connectivity index (χ0) is 12.5. The van der Waals surface area contributed by atoms with Crippen LogP contribution in [0.3, 0.4) is 0 Å². The summed E-state index contributed by atoms with van der Waals surface area (Å²) in [7, 11) is 0. The predicted octanol–water partition coefficient (Wildman–Crippen LogP) is 4.29. The van der Waals surface area contributed by atoms with Crippen molar-refractivity contribution in [1.29, 1.82) is 0 Å². The van der Waals surface area contributed by atoms with Gasteiger partial charge in [0.1, 0.15) is 5.82 Å². The van der Waals surface area contributed by atoms with E-state index in [9.17, 15) is 4.39 Å². The second kappa shape index (κ2) is 5.13. The van der Waals surface area contributed by atoms with E-state index in [1.165, 1.54) is 12.5 Å². The highest BCUT2D eigenvalue weighted by Gasteiger charge is 2.35. The molecule has 0 radical (unpaired) electrons. The minimum absolute atomic E-state index is 0.182. The molecular weight excluding hydrogens is 260 g/mol. The van der Waals surface area contributed by atoms with Crippen molar-refractivity contribution in [2.24, 2.45) is 5.73 Å². The summed E-state index contributed by atoms with van der Waals surface area (Å²) >= 11 is 12.0. The third kappa shape index (κ3) is 2.44. The Balaban J connectivity index is 2.49. The zero-order valence-corrected chi connectivity index (χ0v) is 11.1. The maximum atomic E-state index is 13.6. The van der Waals surface area contributed by atoms with Gasteiger partial charge in [0, 0.05) is 17.0 Å². The molecule has 1 fully saturated rings. The topological polar surface area (TPSA) is 26.0 Å². The van der Waals surface area contributed by atoms with Gasteiger partial charge in [-0.3, -0.25) is 0 Å². The molecule has 1 aliphatic rings. The molecule has 0 atom stereocenters. The van der Waals surface area contributed by atoms with Crippen LogP contribution in [0.5, 0.6) is 0 Å². The minimum atomic E-state index is -0.451. The van der Waals surface area contributed by atoms with Crippen LogP contribution >= 0.6 is 23.2 Å². The number of nitrogens with two attached hydrogens (primary N) is 1. The fraction of sp³-hybridized carbons (Fsp3) is 0.538. The average molecular weight is 276 g/mol. The van der Waals surface area contributed by atoms with E-state index in [4.69, 9.17) is 28.9 Å². The van der Waals surface area contributed by atoms with E-state index in [1.54, 1.807) is 6.07 Å². The quantitative estimate of drug-likeness (QED) is 0.801. The van der Waals surface area contributed by atoms with Gasteiger partial charge >= 0.3 is 0 Å². The summed E-state index contributed by atoms with van der Waals surface area (Å²) in [6, 6.07) is 3.02. The summed E-state index contributed by atoms with van der Waals surface area (Å²) in [5.41, 5.74) is 6.51. The van der Waals surface area contributed by atoms with Crippen molar-refractivity contribution in [3.8, 4) is 0 Å². The van der Waals surface area contributed by atoms with Crippen LogP contribution in [0, 0.1) is 5.82 Å². The summed E-state index contributed by atoms with van der Waals surface area (Å²) in [5, 5.41) is 0.571. The fourth-order valence-electron chi connectivity index (χ4n) is 2.75. The van der Waals surface area contributed by atoms with Gasteiger partial charge in [-0.15, -0.1) is 0 Å². The maximum Gasteiger partial charge on any atom is 0.143 e. The first-order valence-corrected chi connectivity index (χ1v) is 6.70. The van der Waals surface area contributed by atoms with Crippen molar-refractivity contribution in [3.63, 3.8) is 0 Å². The standard InChI is InChI=1S/C13H16Cl2FN/c14-9-6-10(12(15)11(16)7-9)13(8-17)4-2-1-3-5-13/h6-7H,1-5,8,17H2. The summed E-state index contributed by atoms with van der Waals surface area (Å²) in [4.78, 5) is 0. The van der Waals surface area contributed by atoms with Gasteiger partial charge in [-0.2, -0.15) is 0 Å². The Morgan fingerprint density at radius 2 is 1.82 bits per heavy atom. The summed E-state index contributed by atoms with van der Waals surface area (Å²) in [5.74, 6) is -0.451. The molecule has 17 heavy (non-hydrogen) atoms. The Morgan fingerprint density at radius 3 is 2.41 bits per heavy atom. The smallest absolute Gasteiger partial charge is 0.143 e. The minimum Gasteiger partial charge on any atom is -0.330 e. The van der Waals surface area contributed by atoms with Gasteiger partial charge in [0.2, 0.25) is 0 Å². The van der Waals surface area contributed by atoms with Gasteiger partial charge in [0.15, 0.2) is 0 Å². The number of rotatable bonds is 2. The van der Waals surface area contributed by atoms with Crippen LogP contribution in [-0.2, 0) is 5.41 Å². The van der Waals surface area contributed by atoms with E-state index in [1.807, 2.05) is 0 Å². The van der Waals surface area contributed by atoms with Gasteiger partial charge in [0.05, 0.1) is 5.02 Å². The summed E-state index contributed by atoms with van der Waals surface area (Å²) in [6.07, 6.45) is 5.36. The Hall–Kier alpha value is -0.310. The first-order valence-electron chi connectivity index (χ1n) is 5.94. The molecule has 0 heterocycles. The molecule has 0 aliphatic heterocycles. The van der Waals surface area contributed by atoms with Crippen LogP contribution in [0.25, 0.3) is 0 Å². The van der Waals surface area contributed by atoms with Crippen molar-refractivity contribution in [1.82, 2.24) is 0 Å². The highest BCUT2D eigenvalue weighted by Crippen LogP contribution is 2.43. The zero-order valence-electron chi connectivity index (χ0n) is 9.61. The van der Waals surface area contributed by atoms with Gasteiger partial charge in [-0.05, 0) is 30.5 Å². The first kappa shape index (κ1) is 13.1. The molecule has 0 saturated heterocycles. The molecule has 4 heteroatoms. The van der Waals surface area contributed by atoms with Crippen LogP contribution < -0.4 is 5.73 Å². The highest BCUT2D eigenvalue weighted by molar-refractivity contribution is 6.33. The molecule has 1 saturated carbocycles. The molecule has 0 spiro atoms. The molecule has 1 aromatic carbocycles. The van der Waals surface area contributed by atoms with Crippen LogP contribution in [-0.4, -0.2) is 6.54 Å². The lowest BCUT2D eigenvalue weighted by atomic mass is 9.69. The predicted molar refractivity (Wildman–Crippen MR) is 70.2 cm³/mol. The number of benzene rings is 1. The largest absolute Gasteiger partial charge is 0.330 e. The third-order valence-electron chi connectivity index (χ3n) is 3.77. The van der Waals surface area contributed by atoms with Crippen molar-refractivity contribution < 1.29 is 4.39 Å². The van der Waals surface area contributed by atoms with Crippen molar-refractivity contribution in [3.05, 3.63) is 33.6 Å². The molecular formula is C13H16Cl2FN. The molecule has 1 aliphatic carbocycles. The van der Waals surface area contributed by atoms with E-state index in [2.05, 4.69) is 0 Å². The van der Waals surface area contributed by atoms with Gasteiger partial charge in [0.25, 0.3) is 0 Å². The lowest BCUT2D eigenvalue weighted by Crippen LogP contribution is -2.37. The van der Waals surface area contributed by atoms with Gasteiger partial charge in [-0.1, -0.05) is 42.5 Å². The molecule has 94 valence electrons. The van der Waals surface area contributed by atoms with Crippen molar-refractivity contribution >= 4 is 23.2 Å². The molecule has 0 unspecified atom stereocenters. The molecule has 2 rings (SSSR count). The number of hydrogen-bond donors (Lipinski definition) is 1. The maximum absolute atomic E-state index is 13.6. The first-order chi connectivity index (χ1) is 8.09. The Morgan fingerprint density at radius 1 is 1.18 bits per heavy atom. The third-order valence-corrected chi connectivity index (χ3v) is 4.37. The Kier molecular flexibility index (Phi) is 3.96. The molecule has 0 amide bonds. The highest BCUT2D eigenvalue weighted by atomic mass is 35.5. The summed E-state index contributed by atoms with van der Waals surface area (Å²) < 4.78 is 13.6. The van der Waals surface area contributed by atoms with Crippen LogP contribution in [0.4, 0.5) is 4.39 Å². The van der Waals surface area contributed by atoms with Gasteiger partial charge in [-0.25, -0.2) is 4.39 Å². The molecule has 0 aromatic heterocycles. The van der Waals surface area contributed by atoms with Crippen molar-refractivity contribution in [2.75, 3.05) is 6.54 Å². The van der Waals surface area contributed by atoms with E-state index in [0.717, 1.165) is 31.2 Å². The second-order valence-electron chi connectivity index (χ2n) is 4.79. The lowest BCUT2D eigenvalue weighted by Gasteiger charge is -2.37. The lowest BCUT2D eigenvalue weighted by molar-refractivity contribution is 0.300. The average Bonchev–Trinajstić information content (AvgIpc) is 2.34. The van der Waals surface area contributed by atoms with E-state index in [-0.39, 0.29) is 10.4 Å². The summed E-state index contributed by atoms with van der Waals surface area (Å²) in [6.45, 7) is 0.493. The Bertz CT molecular complexity index is 414. The molecule has 0 bridgehead atoms. The van der Waals surface area contributed by atoms with E-state index in [0.29, 0.717) is 11.6 Å². The Labute approximate surface area is 111 Å². The monoisotopic (exact) mass is 275 g/mol. The molecule has 2 N–H and O–H groups in total. The molecule has 1 aromatic rings. The SMILES string of the molecule is NCC1(c2cc(Cl)cc(F)c2Cl)CCCCC1. The van der Waals surface area contributed by atoms with Crippen LogP contribution in [0.1, 0.15) is 37.7 Å². The molecule has 1 nitrogen and oxygen atoms in total. The van der Waals surface area contributed by atoms with Crippen LogP contribution in [0.2, 0.25) is 10.0 Å². The fourth-order valence-corrected chi connectivity index (χ4v) is 3.27. The number of halogens is 3. The second-order valence-corrected chi connectivity index (χ2v) is 5.61. The van der Waals surface area contributed by atoms with Crippen LogP contribution in [0.15, 0.2) is 12.1 Å². The van der Waals surface area contributed by atoms with Crippen molar-refractivity contribution in [2.45, 2.75) is 37.5 Å². The van der Waals surface area contributed by atoms with Gasteiger partial charge < -0.3 is 5.73 Å². The number of hydrogen-bond acceptors (Lipinski definition) is 1. The van der Waals surface area contributed by atoms with E-state index >= 15 is 0 Å².